The Kier molecular flexibility index (Phi) is 3.72. The number of fused-ring (bicyclic) bond motifs is 1. The van der Waals surface area contributed by atoms with E-state index in [-0.39, 0.29) is 34.1 Å². The van der Waals surface area contributed by atoms with Crippen LogP contribution in [-0.4, -0.2) is 41.2 Å². The van der Waals surface area contributed by atoms with Crippen LogP contribution in [0.25, 0.3) is 0 Å². The highest BCUT2D eigenvalue weighted by atomic mass is 32.2. The average Bonchev–Trinajstić information content (AvgIpc) is 2.75. The quantitative estimate of drug-likeness (QED) is 0.862. The van der Waals surface area contributed by atoms with Crippen molar-refractivity contribution in [1.82, 2.24) is 9.29 Å². The molecule has 0 saturated heterocycles. The predicted molar refractivity (Wildman–Crippen MR) is 84.2 cm³/mol. The number of hydrogen-bond acceptors (Lipinski definition) is 6. The number of pyridine rings is 1. The molecule has 0 aliphatic carbocycles. The number of aromatic nitrogens is 1. The lowest BCUT2D eigenvalue weighted by Crippen LogP contribution is -2.29. The van der Waals surface area contributed by atoms with Gasteiger partial charge in [0.1, 0.15) is 4.90 Å². The zero-order valence-electron chi connectivity index (χ0n) is 12.6. The summed E-state index contributed by atoms with van der Waals surface area (Å²) in [6.45, 7) is 1.57. The fourth-order valence-corrected chi connectivity index (χ4v) is 4.01. The van der Waals surface area contributed by atoms with Crippen LogP contribution in [0, 0.1) is 0 Å². The number of carbonyl (C=O) groups is 2. The van der Waals surface area contributed by atoms with Gasteiger partial charge in [0.15, 0.2) is 11.6 Å². The molecule has 1 aliphatic rings. The monoisotopic (exact) mass is 347 g/mol. The van der Waals surface area contributed by atoms with Crippen LogP contribution in [0.1, 0.15) is 27.6 Å². The smallest absolute Gasteiger partial charge is 0.268 e. The molecule has 1 aromatic carbocycles. The van der Waals surface area contributed by atoms with Crippen molar-refractivity contribution in [2.24, 2.45) is 0 Å². The summed E-state index contributed by atoms with van der Waals surface area (Å²) in [4.78, 5) is 27.9. The molecule has 2 heterocycles. The molecule has 24 heavy (non-hydrogen) atoms. The highest BCUT2D eigenvalue weighted by Gasteiger charge is 2.40. The molecule has 9 heteroatoms. The summed E-state index contributed by atoms with van der Waals surface area (Å²) in [7, 11) is -3.94. The van der Waals surface area contributed by atoms with E-state index in [0.29, 0.717) is 0 Å². The third-order valence-electron chi connectivity index (χ3n) is 3.57. The third-order valence-corrected chi connectivity index (χ3v) is 5.47. The standard InChI is InChI=1S/C15H13N3O5S/c1-2-18-15(21)10-6-5-9(8-12(10)24(18,22)23)14(20)17-13-11(19)4-3-7-16-13/h3-8,19H,2H2,1H3,(H,16,17,20). The number of benzene rings is 1. The zero-order valence-corrected chi connectivity index (χ0v) is 13.4. The lowest BCUT2D eigenvalue weighted by atomic mass is 10.1. The summed E-state index contributed by atoms with van der Waals surface area (Å²) in [5, 5.41) is 12.0. The van der Waals surface area contributed by atoms with Crippen molar-refractivity contribution in [3.63, 3.8) is 0 Å². The minimum atomic E-state index is -3.94. The van der Waals surface area contributed by atoms with Crippen LogP contribution >= 0.6 is 0 Å². The lowest BCUT2D eigenvalue weighted by molar-refractivity contribution is 0.0875. The highest BCUT2D eigenvalue weighted by Crippen LogP contribution is 2.31. The second kappa shape index (κ2) is 5.60. The van der Waals surface area contributed by atoms with Crippen LogP contribution in [0.5, 0.6) is 5.75 Å². The van der Waals surface area contributed by atoms with E-state index in [1.165, 1.54) is 30.5 Å². The van der Waals surface area contributed by atoms with Crippen molar-refractivity contribution in [3.05, 3.63) is 47.7 Å². The molecule has 1 aromatic heterocycles. The van der Waals surface area contributed by atoms with Gasteiger partial charge in [0.2, 0.25) is 0 Å². The van der Waals surface area contributed by atoms with Crippen molar-refractivity contribution < 1.29 is 23.1 Å². The maximum Gasteiger partial charge on any atom is 0.268 e. The molecule has 8 nitrogen and oxygen atoms in total. The van der Waals surface area contributed by atoms with Crippen LogP contribution in [0.3, 0.4) is 0 Å². The maximum absolute atomic E-state index is 12.3. The molecule has 0 fully saturated rings. The molecule has 1 aliphatic heterocycles. The van der Waals surface area contributed by atoms with Gasteiger partial charge in [-0.25, -0.2) is 17.7 Å². The maximum atomic E-state index is 12.3. The summed E-state index contributed by atoms with van der Waals surface area (Å²) in [6, 6.07) is 6.65. The molecule has 0 atom stereocenters. The Balaban J connectivity index is 1.97. The highest BCUT2D eigenvalue weighted by molar-refractivity contribution is 7.90. The lowest BCUT2D eigenvalue weighted by Gasteiger charge is -2.11. The molecule has 0 unspecified atom stereocenters. The van der Waals surface area contributed by atoms with Gasteiger partial charge in [0, 0.05) is 18.3 Å². The van der Waals surface area contributed by atoms with E-state index in [0.717, 1.165) is 10.4 Å². The predicted octanol–water partition coefficient (Wildman–Crippen LogP) is 1.20. The van der Waals surface area contributed by atoms with Gasteiger partial charge >= 0.3 is 0 Å². The summed E-state index contributed by atoms with van der Waals surface area (Å²) in [6.07, 6.45) is 1.39. The number of amides is 2. The van der Waals surface area contributed by atoms with Crippen LogP contribution in [0.15, 0.2) is 41.4 Å². The molecule has 0 spiro atoms. The number of nitrogens with one attached hydrogen (secondary N) is 1. The van der Waals surface area contributed by atoms with E-state index >= 15 is 0 Å². The van der Waals surface area contributed by atoms with E-state index in [2.05, 4.69) is 10.3 Å². The van der Waals surface area contributed by atoms with Gasteiger partial charge in [-0.3, -0.25) is 9.59 Å². The van der Waals surface area contributed by atoms with Crippen molar-refractivity contribution in [1.29, 1.82) is 0 Å². The van der Waals surface area contributed by atoms with Crippen molar-refractivity contribution >= 4 is 27.7 Å². The summed E-state index contributed by atoms with van der Waals surface area (Å²) >= 11 is 0. The number of sulfonamides is 1. The second-order valence-corrected chi connectivity index (χ2v) is 6.84. The largest absolute Gasteiger partial charge is 0.504 e. The minimum absolute atomic E-state index is 0.0131. The van der Waals surface area contributed by atoms with Gasteiger partial charge in [0.25, 0.3) is 21.8 Å². The molecule has 2 aromatic rings. The van der Waals surface area contributed by atoms with Crippen molar-refractivity contribution in [2.45, 2.75) is 11.8 Å². The Bertz CT molecular complexity index is 955. The Labute approximate surface area is 137 Å². The second-order valence-electron chi connectivity index (χ2n) is 5.01. The van der Waals surface area contributed by atoms with Gasteiger partial charge in [-0.15, -0.1) is 0 Å². The molecular weight excluding hydrogens is 334 g/mol. The molecule has 3 rings (SSSR count). The van der Waals surface area contributed by atoms with Crippen molar-refractivity contribution in [2.75, 3.05) is 11.9 Å². The van der Waals surface area contributed by atoms with Crippen LogP contribution < -0.4 is 5.32 Å². The van der Waals surface area contributed by atoms with E-state index in [4.69, 9.17) is 0 Å². The first-order chi connectivity index (χ1) is 11.4. The topological polar surface area (TPSA) is 117 Å². The van der Waals surface area contributed by atoms with Crippen LogP contribution in [-0.2, 0) is 10.0 Å². The molecule has 124 valence electrons. The molecule has 2 N–H and O–H groups in total. The van der Waals surface area contributed by atoms with Gasteiger partial charge < -0.3 is 10.4 Å². The number of hydrogen-bond donors (Lipinski definition) is 2. The molecule has 0 bridgehead atoms. The molecule has 0 saturated carbocycles. The van der Waals surface area contributed by atoms with Crippen molar-refractivity contribution in [3.8, 4) is 5.75 Å². The summed E-state index contributed by atoms with van der Waals surface area (Å²) in [5.74, 6) is -1.52. The van der Waals surface area contributed by atoms with Gasteiger partial charge in [-0.05, 0) is 37.3 Å². The summed E-state index contributed by atoms with van der Waals surface area (Å²) < 4.78 is 25.4. The third kappa shape index (κ3) is 2.38. The van der Waals surface area contributed by atoms with Crippen LogP contribution in [0.4, 0.5) is 5.82 Å². The Morgan fingerprint density at radius 2 is 2.08 bits per heavy atom. The Hall–Kier alpha value is -2.94. The van der Waals surface area contributed by atoms with E-state index in [1.807, 2.05) is 0 Å². The molecular formula is C15H13N3O5S. The number of nitrogens with zero attached hydrogens (tertiary/aromatic N) is 2. The van der Waals surface area contributed by atoms with E-state index in [1.54, 1.807) is 6.92 Å². The Morgan fingerprint density at radius 1 is 1.33 bits per heavy atom. The van der Waals surface area contributed by atoms with Gasteiger partial charge in [-0.2, -0.15) is 0 Å². The normalized spacial score (nSPS) is 15.2. The van der Waals surface area contributed by atoms with E-state index in [9.17, 15) is 23.1 Å². The molecule has 0 radical (unpaired) electrons. The number of aromatic hydroxyl groups is 1. The first-order valence-electron chi connectivity index (χ1n) is 7.02. The SMILES string of the molecule is CCN1C(=O)c2ccc(C(=O)Nc3ncccc3O)cc2S1(=O)=O. The first kappa shape index (κ1) is 15.9. The van der Waals surface area contributed by atoms with Gasteiger partial charge in [-0.1, -0.05) is 0 Å². The number of rotatable bonds is 3. The number of anilines is 1. The average molecular weight is 347 g/mol. The van der Waals surface area contributed by atoms with Crippen LogP contribution in [0.2, 0.25) is 0 Å². The fourth-order valence-electron chi connectivity index (χ4n) is 2.40. The summed E-state index contributed by atoms with van der Waals surface area (Å²) in [5.41, 5.74) is 0.0715. The fraction of sp³-hybridized carbons (Fsp3) is 0.133. The van der Waals surface area contributed by atoms with E-state index < -0.39 is 21.8 Å². The minimum Gasteiger partial charge on any atom is -0.504 e. The first-order valence-corrected chi connectivity index (χ1v) is 8.46. The molecule has 2 amide bonds. The number of carbonyl (C=O) groups excluding carboxylic acids is 2. The zero-order chi connectivity index (χ0) is 17.5. The van der Waals surface area contributed by atoms with Gasteiger partial charge in [0.05, 0.1) is 5.56 Å². The Morgan fingerprint density at radius 3 is 2.75 bits per heavy atom.